The van der Waals surface area contributed by atoms with Crippen LogP contribution in [-0.4, -0.2) is 33.2 Å². The van der Waals surface area contributed by atoms with Crippen LogP contribution in [0, 0.1) is 5.41 Å². The summed E-state index contributed by atoms with van der Waals surface area (Å²) in [5.74, 6) is 0.815. The number of fused-ring (bicyclic) bond motifs is 1. The Morgan fingerprint density at radius 1 is 1.24 bits per heavy atom. The van der Waals surface area contributed by atoms with Crippen LogP contribution in [0.4, 0.5) is 0 Å². The molecule has 0 amide bonds. The van der Waals surface area contributed by atoms with Gasteiger partial charge in [-0.1, -0.05) is 37.3 Å². The Kier molecular flexibility index (Phi) is 5.84. The topological polar surface area (TPSA) is 88.8 Å². The van der Waals surface area contributed by atoms with Crippen molar-refractivity contribution in [1.29, 1.82) is 5.41 Å². The van der Waals surface area contributed by atoms with Crippen molar-refractivity contribution in [2.24, 2.45) is 0 Å². The van der Waals surface area contributed by atoms with Gasteiger partial charge in [-0.3, -0.25) is 9.98 Å². The van der Waals surface area contributed by atoms with E-state index < -0.39 is 0 Å². The zero-order valence-electron chi connectivity index (χ0n) is 16.3. The van der Waals surface area contributed by atoms with Crippen molar-refractivity contribution >= 4 is 22.5 Å². The zero-order chi connectivity index (χ0) is 20.2. The average Bonchev–Trinajstić information content (AvgIpc) is 3.41. The van der Waals surface area contributed by atoms with Gasteiger partial charge in [0.1, 0.15) is 17.7 Å². The summed E-state index contributed by atoms with van der Waals surface area (Å²) >= 11 is 1.66. The molecule has 2 atom stereocenters. The van der Waals surface area contributed by atoms with Crippen molar-refractivity contribution in [2.75, 3.05) is 13.7 Å². The lowest BCUT2D eigenvalue weighted by atomic mass is 10.2. The number of rotatable bonds is 8. The highest BCUT2D eigenvalue weighted by atomic mass is 32.1. The minimum atomic E-state index is -0.381. The highest BCUT2D eigenvalue weighted by Gasteiger charge is 2.19. The van der Waals surface area contributed by atoms with Crippen molar-refractivity contribution in [2.45, 2.75) is 25.7 Å². The number of methoxy groups -OCH3 is 1. The number of imidazole rings is 1. The number of hydrogen-bond donors (Lipinski definition) is 2. The van der Waals surface area contributed by atoms with E-state index in [0.717, 1.165) is 11.4 Å². The summed E-state index contributed by atoms with van der Waals surface area (Å²) in [5, 5.41) is 12.3. The van der Waals surface area contributed by atoms with Gasteiger partial charge in [-0.15, -0.1) is 0 Å². The van der Waals surface area contributed by atoms with Gasteiger partial charge in [-0.05, 0) is 22.4 Å². The number of nitrogens with one attached hydrogen (secondary N) is 2. The molecule has 3 heterocycles. The quantitative estimate of drug-likeness (QED) is 0.463. The monoisotopic (exact) mass is 409 g/mol. The molecule has 2 N–H and O–H groups in total. The van der Waals surface area contributed by atoms with E-state index >= 15 is 0 Å². The number of nitrogens with zero attached hydrogens (tertiary/aromatic N) is 3. The Morgan fingerprint density at radius 3 is 2.79 bits per heavy atom. The van der Waals surface area contributed by atoms with Crippen LogP contribution in [0.3, 0.4) is 0 Å². The van der Waals surface area contributed by atoms with Gasteiger partial charge in [-0.25, -0.2) is 9.97 Å². The third kappa shape index (κ3) is 4.14. The molecule has 4 rings (SSSR count). The van der Waals surface area contributed by atoms with Gasteiger partial charge in [0.25, 0.3) is 0 Å². The maximum absolute atomic E-state index is 8.18. The van der Waals surface area contributed by atoms with Gasteiger partial charge < -0.3 is 14.5 Å². The number of ether oxygens (including phenoxy) is 2. The predicted molar refractivity (Wildman–Crippen MR) is 112 cm³/mol. The number of benzene rings is 1. The Labute approximate surface area is 172 Å². The molecule has 0 radical (unpaired) electrons. The smallest absolute Gasteiger partial charge is 0.173 e. The normalized spacial score (nSPS) is 13.6. The molecule has 0 aliphatic rings. The van der Waals surface area contributed by atoms with E-state index in [1.807, 2.05) is 40.3 Å². The number of aromatic amines is 1. The first-order valence-corrected chi connectivity index (χ1v) is 10.3. The predicted octanol–water partition coefficient (Wildman–Crippen LogP) is 3.81. The summed E-state index contributed by atoms with van der Waals surface area (Å²) < 4.78 is 13.4. The largest absolute Gasteiger partial charge is 0.376 e. The molecule has 2 unspecified atom stereocenters. The lowest BCUT2D eigenvalue weighted by Gasteiger charge is -2.19. The second-order valence-corrected chi connectivity index (χ2v) is 7.65. The van der Waals surface area contributed by atoms with Crippen LogP contribution in [0.2, 0.25) is 0 Å². The second-order valence-electron chi connectivity index (χ2n) is 6.87. The third-order valence-electron chi connectivity index (χ3n) is 4.74. The molecule has 0 aliphatic heterocycles. The molecule has 1 aromatic carbocycles. The SMILES string of the molecule is COC(c1ccccc1)n1cnc(=N)c2[nH]c(C(C)COCc3ccsc3)nc21. The molecule has 0 saturated heterocycles. The highest BCUT2D eigenvalue weighted by molar-refractivity contribution is 7.07. The lowest BCUT2D eigenvalue weighted by Crippen LogP contribution is -2.19. The van der Waals surface area contributed by atoms with Gasteiger partial charge in [0.05, 0.1) is 13.2 Å². The molecule has 8 heteroatoms. The van der Waals surface area contributed by atoms with E-state index in [9.17, 15) is 0 Å². The van der Waals surface area contributed by atoms with Crippen LogP contribution < -0.4 is 5.49 Å². The first-order chi connectivity index (χ1) is 14.2. The molecule has 150 valence electrons. The van der Waals surface area contributed by atoms with Crippen molar-refractivity contribution in [3.63, 3.8) is 0 Å². The van der Waals surface area contributed by atoms with Crippen molar-refractivity contribution in [1.82, 2.24) is 19.5 Å². The fraction of sp³-hybridized carbons (Fsp3) is 0.286. The molecule has 3 aromatic heterocycles. The maximum atomic E-state index is 8.18. The minimum Gasteiger partial charge on any atom is -0.376 e. The van der Waals surface area contributed by atoms with E-state index in [1.165, 1.54) is 5.56 Å². The van der Waals surface area contributed by atoms with Crippen molar-refractivity contribution in [3.8, 4) is 0 Å². The zero-order valence-corrected chi connectivity index (χ0v) is 17.1. The van der Waals surface area contributed by atoms with Crippen LogP contribution in [0.1, 0.15) is 36.0 Å². The summed E-state index contributed by atoms with van der Waals surface area (Å²) in [7, 11) is 1.65. The first kappa shape index (κ1) is 19.5. The molecule has 0 aliphatic carbocycles. The van der Waals surface area contributed by atoms with Crippen LogP contribution in [-0.2, 0) is 16.1 Å². The van der Waals surface area contributed by atoms with Crippen molar-refractivity contribution in [3.05, 3.63) is 75.9 Å². The molecular formula is C21H23N5O2S. The highest BCUT2D eigenvalue weighted by Crippen LogP contribution is 2.23. The van der Waals surface area contributed by atoms with E-state index in [2.05, 4.69) is 28.3 Å². The number of thiophene rings is 1. The molecule has 0 bridgehead atoms. The van der Waals surface area contributed by atoms with E-state index in [-0.39, 0.29) is 17.6 Å². The van der Waals surface area contributed by atoms with Crippen molar-refractivity contribution < 1.29 is 9.47 Å². The summed E-state index contributed by atoms with van der Waals surface area (Å²) in [6, 6.07) is 12.0. The average molecular weight is 410 g/mol. The fourth-order valence-electron chi connectivity index (χ4n) is 3.21. The third-order valence-corrected chi connectivity index (χ3v) is 5.47. The second kappa shape index (κ2) is 8.69. The Hall–Kier alpha value is -2.81. The van der Waals surface area contributed by atoms with E-state index in [0.29, 0.717) is 24.4 Å². The van der Waals surface area contributed by atoms with E-state index in [4.69, 9.17) is 19.9 Å². The summed E-state index contributed by atoms with van der Waals surface area (Å²) in [5.41, 5.74) is 3.54. The van der Waals surface area contributed by atoms with Crippen LogP contribution in [0.5, 0.6) is 0 Å². The Morgan fingerprint density at radius 2 is 2.07 bits per heavy atom. The lowest BCUT2D eigenvalue weighted by molar-refractivity contribution is 0.0804. The van der Waals surface area contributed by atoms with Crippen LogP contribution in [0.25, 0.3) is 11.2 Å². The van der Waals surface area contributed by atoms with Gasteiger partial charge in [0, 0.05) is 18.6 Å². The van der Waals surface area contributed by atoms with Gasteiger partial charge in [0.2, 0.25) is 0 Å². The molecule has 29 heavy (non-hydrogen) atoms. The van der Waals surface area contributed by atoms with Crippen LogP contribution >= 0.6 is 11.3 Å². The molecule has 0 spiro atoms. The molecule has 4 aromatic rings. The number of hydrogen-bond acceptors (Lipinski definition) is 6. The van der Waals surface area contributed by atoms with Gasteiger partial charge in [0.15, 0.2) is 17.4 Å². The summed E-state index contributed by atoms with van der Waals surface area (Å²) in [4.78, 5) is 12.3. The number of H-pyrrole nitrogens is 1. The van der Waals surface area contributed by atoms with Gasteiger partial charge in [-0.2, -0.15) is 11.3 Å². The number of aromatic nitrogens is 4. The molecule has 0 saturated carbocycles. The minimum absolute atomic E-state index is 0.0478. The molecular weight excluding hydrogens is 386 g/mol. The first-order valence-electron chi connectivity index (χ1n) is 9.35. The standard InChI is InChI=1S/C21H23N5O2S/c1-14(10-28-11-15-8-9-29-12-15)19-24-17-18(22)23-13-26(20(17)25-19)21(27-2)16-6-4-3-5-7-16/h3-9,12-14,21-22H,10-11H2,1-2H3,(H,24,25). The van der Waals surface area contributed by atoms with Gasteiger partial charge >= 0.3 is 0 Å². The summed E-state index contributed by atoms with van der Waals surface area (Å²) in [6.07, 6.45) is 1.22. The summed E-state index contributed by atoms with van der Waals surface area (Å²) in [6.45, 7) is 3.17. The maximum Gasteiger partial charge on any atom is 0.173 e. The Balaban J connectivity index is 1.61. The fourth-order valence-corrected chi connectivity index (χ4v) is 3.87. The Bertz CT molecular complexity index is 1120. The molecule has 7 nitrogen and oxygen atoms in total. The molecule has 0 fully saturated rings. The van der Waals surface area contributed by atoms with Crippen LogP contribution in [0.15, 0.2) is 53.5 Å². The van der Waals surface area contributed by atoms with E-state index in [1.54, 1.807) is 24.8 Å².